The number of ether oxygens (including phenoxy) is 1. The Morgan fingerprint density at radius 2 is 1.79 bits per heavy atom. The maximum absolute atomic E-state index is 5.68. The molecule has 1 rings (SSSR count). The van der Waals surface area contributed by atoms with Crippen molar-refractivity contribution >= 4 is 0 Å². The monoisotopic (exact) mass is 264 g/mol. The molecule has 0 bridgehead atoms. The minimum Gasteiger partial charge on any atom is -0.491 e. The molecule has 1 aromatic carbocycles. The van der Waals surface area contributed by atoms with Crippen molar-refractivity contribution in [2.75, 3.05) is 27.2 Å². The molecular weight excluding hydrogens is 236 g/mol. The first-order valence-corrected chi connectivity index (χ1v) is 7.17. The van der Waals surface area contributed by atoms with Crippen LogP contribution in [0.4, 0.5) is 0 Å². The van der Waals surface area contributed by atoms with E-state index in [0.717, 1.165) is 25.3 Å². The molecule has 0 radical (unpaired) electrons. The molecule has 3 nitrogen and oxygen atoms in total. The van der Waals surface area contributed by atoms with E-state index in [9.17, 15) is 0 Å². The van der Waals surface area contributed by atoms with E-state index in [1.165, 1.54) is 5.56 Å². The van der Waals surface area contributed by atoms with Crippen molar-refractivity contribution in [3.8, 4) is 5.75 Å². The molecule has 0 amide bonds. The fourth-order valence-electron chi connectivity index (χ4n) is 2.07. The average Bonchev–Trinajstić information content (AvgIpc) is 2.34. The summed E-state index contributed by atoms with van der Waals surface area (Å²) in [6.07, 6.45) is 1.34. The van der Waals surface area contributed by atoms with E-state index in [-0.39, 0.29) is 6.10 Å². The molecule has 0 aliphatic rings. The van der Waals surface area contributed by atoms with Crippen molar-refractivity contribution in [1.29, 1.82) is 0 Å². The van der Waals surface area contributed by atoms with E-state index < -0.39 is 0 Å². The Kier molecular flexibility index (Phi) is 6.89. The third kappa shape index (κ3) is 6.08. The van der Waals surface area contributed by atoms with Gasteiger partial charge in [0.15, 0.2) is 0 Å². The third-order valence-electron chi connectivity index (χ3n) is 2.97. The Morgan fingerprint density at radius 1 is 1.16 bits per heavy atom. The van der Waals surface area contributed by atoms with Crippen molar-refractivity contribution in [3.05, 3.63) is 29.8 Å². The predicted octanol–water partition coefficient (Wildman–Crippen LogP) is 3.08. The van der Waals surface area contributed by atoms with Gasteiger partial charge in [-0.2, -0.15) is 0 Å². The van der Waals surface area contributed by atoms with Gasteiger partial charge in [0.05, 0.1) is 6.10 Å². The zero-order valence-electron chi connectivity index (χ0n) is 12.9. The Morgan fingerprint density at radius 3 is 2.26 bits per heavy atom. The molecule has 0 aliphatic carbocycles. The van der Waals surface area contributed by atoms with E-state index in [1.807, 2.05) is 13.8 Å². The number of rotatable bonds is 8. The first-order chi connectivity index (χ1) is 9.02. The molecule has 0 aromatic heterocycles. The van der Waals surface area contributed by atoms with Crippen LogP contribution in [0.15, 0.2) is 24.3 Å². The van der Waals surface area contributed by atoms with Gasteiger partial charge in [-0.15, -0.1) is 0 Å². The summed E-state index contributed by atoms with van der Waals surface area (Å²) in [4.78, 5) is 2.22. The summed E-state index contributed by atoms with van der Waals surface area (Å²) >= 11 is 0. The van der Waals surface area contributed by atoms with Gasteiger partial charge in [-0.3, -0.25) is 0 Å². The molecule has 3 heteroatoms. The summed E-state index contributed by atoms with van der Waals surface area (Å²) in [6, 6.07) is 8.88. The molecule has 1 N–H and O–H groups in total. The van der Waals surface area contributed by atoms with Crippen LogP contribution in [0.25, 0.3) is 0 Å². The van der Waals surface area contributed by atoms with Gasteiger partial charge < -0.3 is 15.0 Å². The van der Waals surface area contributed by atoms with Crippen LogP contribution < -0.4 is 10.1 Å². The van der Waals surface area contributed by atoms with Crippen molar-refractivity contribution in [1.82, 2.24) is 10.2 Å². The Labute approximate surface area is 118 Å². The predicted molar refractivity (Wildman–Crippen MR) is 81.8 cm³/mol. The van der Waals surface area contributed by atoms with Crippen LogP contribution in [0.5, 0.6) is 5.75 Å². The van der Waals surface area contributed by atoms with Crippen LogP contribution in [0.1, 0.15) is 38.8 Å². The highest BCUT2D eigenvalue weighted by Gasteiger charge is 2.10. The first-order valence-electron chi connectivity index (χ1n) is 7.17. The SMILES string of the molecule is CCNC(CCN(C)C)c1ccc(OC(C)C)cc1. The second-order valence-corrected chi connectivity index (χ2v) is 5.44. The average molecular weight is 264 g/mol. The molecular formula is C16H28N2O. The van der Waals surface area contributed by atoms with E-state index >= 15 is 0 Å². The zero-order chi connectivity index (χ0) is 14.3. The van der Waals surface area contributed by atoms with Crippen LogP contribution in [-0.2, 0) is 0 Å². The summed E-state index contributed by atoms with van der Waals surface area (Å²) in [6.45, 7) is 8.32. The van der Waals surface area contributed by atoms with Crippen LogP contribution >= 0.6 is 0 Å². The highest BCUT2D eigenvalue weighted by atomic mass is 16.5. The van der Waals surface area contributed by atoms with Crippen LogP contribution in [0.3, 0.4) is 0 Å². The number of benzene rings is 1. The van der Waals surface area contributed by atoms with Gasteiger partial charge in [0.1, 0.15) is 5.75 Å². The van der Waals surface area contributed by atoms with E-state index in [4.69, 9.17) is 4.74 Å². The minimum atomic E-state index is 0.226. The van der Waals surface area contributed by atoms with Gasteiger partial charge in [-0.05, 0) is 65.1 Å². The summed E-state index contributed by atoms with van der Waals surface area (Å²) < 4.78 is 5.68. The molecule has 1 aromatic rings. The Bertz CT molecular complexity index is 346. The van der Waals surface area contributed by atoms with Crippen molar-refractivity contribution in [2.45, 2.75) is 39.3 Å². The zero-order valence-corrected chi connectivity index (χ0v) is 12.9. The molecule has 0 spiro atoms. The van der Waals surface area contributed by atoms with E-state index in [2.05, 4.69) is 55.5 Å². The molecule has 0 heterocycles. The molecule has 1 atom stereocenters. The van der Waals surface area contributed by atoms with Gasteiger partial charge in [0.2, 0.25) is 0 Å². The standard InChI is InChI=1S/C16H28N2O/c1-6-17-16(11-12-18(4)5)14-7-9-15(10-8-14)19-13(2)3/h7-10,13,16-17H,6,11-12H2,1-5H3. The van der Waals surface area contributed by atoms with Crippen molar-refractivity contribution < 1.29 is 4.74 Å². The van der Waals surface area contributed by atoms with Crippen molar-refractivity contribution in [3.63, 3.8) is 0 Å². The number of nitrogens with one attached hydrogen (secondary N) is 1. The second kappa shape index (κ2) is 8.18. The summed E-state index contributed by atoms with van der Waals surface area (Å²) in [5, 5.41) is 3.55. The van der Waals surface area contributed by atoms with Gasteiger partial charge >= 0.3 is 0 Å². The molecule has 0 aliphatic heterocycles. The molecule has 1 unspecified atom stereocenters. The molecule has 108 valence electrons. The molecule has 0 fully saturated rings. The minimum absolute atomic E-state index is 0.226. The Balaban J connectivity index is 2.67. The highest BCUT2D eigenvalue weighted by Crippen LogP contribution is 2.21. The Hall–Kier alpha value is -1.06. The van der Waals surface area contributed by atoms with Crippen LogP contribution in [0, 0.1) is 0 Å². The van der Waals surface area contributed by atoms with Gasteiger partial charge in [-0.25, -0.2) is 0 Å². The largest absolute Gasteiger partial charge is 0.491 e. The lowest BCUT2D eigenvalue weighted by Gasteiger charge is -2.21. The first kappa shape index (κ1) is 16.0. The smallest absolute Gasteiger partial charge is 0.119 e. The lowest BCUT2D eigenvalue weighted by molar-refractivity contribution is 0.242. The summed E-state index contributed by atoms with van der Waals surface area (Å²) in [5.74, 6) is 0.946. The normalized spacial score (nSPS) is 13.0. The highest BCUT2D eigenvalue weighted by molar-refractivity contribution is 5.29. The lowest BCUT2D eigenvalue weighted by atomic mass is 10.0. The second-order valence-electron chi connectivity index (χ2n) is 5.44. The maximum Gasteiger partial charge on any atom is 0.119 e. The van der Waals surface area contributed by atoms with Gasteiger partial charge in [0, 0.05) is 6.04 Å². The summed E-state index contributed by atoms with van der Waals surface area (Å²) in [5.41, 5.74) is 1.33. The number of hydrogen-bond donors (Lipinski definition) is 1. The van der Waals surface area contributed by atoms with Crippen molar-refractivity contribution in [2.24, 2.45) is 0 Å². The topological polar surface area (TPSA) is 24.5 Å². The van der Waals surface area contributed by atoms with E-state index in [0.29, 0.717) is 6.04 Å². The molecule has 0 saturated carbocycles. The maximum atomic E-state index is 5.68. The fourth-order valence-corrected chi connectivity index (χ4v) is 2.07. The third-order valence-corrected chi connectivity index (χ3v) is 2.97. The number of hydrogen-bond acceptors (Lipinski definition) is 3. The molecule has 0 saturated heterocycles. The van der Waals surface area contributed by atoms with Gasteiger partial charge in [-0.1, -0.05) is 19.1 Å². The summed E-state index contributed by atoms with van der Waals surface area (Å²) in [7, 11) is 4.23. The fraction of sp³-hybridized carbons (Fsp3) is 0.625. The van der Waals surface area contributed by atoms with E-state index in [1.54, 1.807) is 0 Å². The van der Waals surface area contributed by atoms with Crippen LogP contribution in [-0.4, -0.2) is 38.2 Å². The van der Waals surface area contributed by atoms with Gasteiger partial charge in [0.25, 0.3) is 0 Å². The van der Waals surface area contributed by atoms with Crippen LogP contribution in [0.2, 0.25) is 0 Å². The lowest BCUT2D eigenvalue weighted by Crippen LogP contribution is -2.25. The number of nitrogens with zero attached hydrogens (tertiary/aromatic N) is 1. The quantitative estimate of drug-likeness (QED) is 0.781. The molecule has 19 heavy (non-hydrogen) atoms.